The summed E-state index contributed by atoms with van der Waals surface area (Å²) in [4.78, 5) is 19.2. The molecule has 0 saturated carbocycles. The maximum Gasteiger partial charge on any atom is 0.416 e. The summed E-state index contributed by atoms with van der Waals surface area (Å²) in [6, 6.07) is 3.35. The van der Waals surface area contributed by atoms with Gasteiger partial charge in [0.05, 0.1) is 17.5 Å². The molecule has 23 heavy (non-hydrogen) atoms. The van der Waals surface area contributed by atoms with Crippen LogP contribution in [0.5, 0.6) is 0 Å². The van der Waals surface area contributed by atoms with E-state index in [4.69, 9.17) is 5.11 Å². The van der Waals surface area contributed by atoms with Crippen LogP contribution in [0.15, 0.2) is 23.2 Å². The number of alkyl halides is 3. The molecule has 1 aromatic heterocycles. The number of hydrogen-bond acceptors (Lipinski definition) is 4. The highest BCUT2D eigenvalue weighted by Crippen LogP contribution is 2.34. The molecule has 0 amide bonds. The molecule has 0 atom stereocenters. The molecule has 1 heterocycles. The fourth-order valence-corrected chi connectivity index (χ4v) is 2.96. The second-order valence-corrected chi connectivity index (χ2v) is 6.00. The van der Waals surface area contributed by atoms with Crippen LogP contribution in [0.4, 0.5) is 13.2 Å². The van der Waals surface area contributed by atoms with E-state index < -0.39 is 17.7 Å². The Morgan fingerprint density at radius 2 is 2.04 bits per heavy atom. The molecule has 8 heteroatoms. The van der Waals surface area contributed by atoms with E-state index in [1.165, 1.54) is 6.07 Å². The van der Waals surface area contributed by atoms with Gasteiger partial charge in [-0.2, -0.15) is 13.2 Å². The quantitative estimate of drug-likeness (QED) is 0.629. The SMILES string of the molecule is CCCc1nc(SCCC(=O)O)c2cc(C(F)(F)F)ccc2n1. The van der Waals surface area contributed by atoms with Crippen molar-refractivity contribution in [2.75, 3.05) is 5.75 Å². The zero-order valence-electron chi connectivity index (χ0n) is 12.4. The highest BCUT2D eigenvalue weighted by Gasteiger charge is 2.31. The molecule has 1 N–H and O–H groups in total. The number of carbonyl (C=O) groups is 1. The Morgan fingerprint density at radius 3 is 2.65 bits per heavy atom. The van der Waals surface area contributed by atoms with Crippen molar-refractivity contribution in [1.82, 2.24) is 9.97 Å². The molecule has 2 rings (SSSR count). The number of halogens is 3. The molecule has 0 aliphatic carbocycles. The van der Waals surface area contributed by atoms with Gasteiger partial charge in [-0.25, -0.2) is 9.97 Å². The van der Waals surface area contributed by atoms with Crippen molar-refractivity contribution in [2.45, 2.75) is 37.4 Å². The molecule has 4 nitrogen and oxygen atoms in total. The molecule has 0 fully saturated rings. The van der Waals surface area contributed by atoms with Crippen LogP contribution in [-0.2, 0) is 17.4 Å². The van der Waals surface area contributed by atoms with E-state index in [1.54, 1.807) is 0 Å². The molecule has 0 spiro atoms. The van der Waals surface area contributed by atoms with E-state index in [-0.39, 0.29) is 12.2 Å². The molecule has 0 unspecified atom stereocenters. The molecule has 0 aliphatic rings. The van der Waals surface area contributed by atoms with Crippen LogP contribution >= 0.6 is 11.8 Å². The normalized spacial score (nSPS) is 11.8. The second-order valence-electron chi connectivity index (χ2n) is 4.92. The summed E-state index contributed by atoms with van der Waals surface area (Å²) in [5.74, 6) is -0.165. The molecule has 124 valence electrons. The van der Waals surface area contributed by atoms with E-state index in [2.05, 4.69) is 9.97 Å². The first-order valence-corrected chi connectivity index (χ1v) is 8.02. The maximum atomic E-state index is 12.9. The molecule has 1 aromatic carbocycles. The standard InChI is InChI=1S/C15H15F3N2O2S/c1-2-3-12-19-11-5-4-9(15(16,17)18)8-10(11)14(20-12)23-7-6-13(21)22/h4-5,8H,2-3,6-7H2,1H3,(H,21,22). The third kappa shape index (κ3) is 4.57. The topological polar surface area (TPSA) is 63.1 Å². The summed E-state index contributed by atoms with van der Waals surface area (Å²) in [5, 5.41) is 9.39. The van der Waals surface area contributed by atoms with Gasteiger partial charge in [0.1, 0.15) is 10.9 Å². The number of carboxylic acid groups (broad SMARTS) is 1. The van der Waals surface area contributed by atoms with Crippen LogP contribution in [0, 0.1) is 0 Å². The van der Waals surface area contributed by atoms with Gasteiger partial charge in [-0.3, -0.25) is 4.79 Å². The van der Waals surface area contributed by atoms with Crippen molar-refractivity contribution >= 4 is 28.6 Å². The molecule has 0 radical (unpaired) electrons. The molecule has 0 bridgehead atoms. The summed E-state index contributed by atoms with van der Waals surface area (Å²) in [6.07, 6.45) is -3.10. The fourth-order valence-electron chi connectivity index (χ4n) is 2.00. The number of carboxylic acids is 1. The minimum Gasteiger partial charge on any atom is -0.481 e. The maximum absolute atomic E-state index is 12.9. The van der Waals surface area contributed by atoms with Crippen LogP contribution in [0.25, 0.3) is 10.9 Å². The van der Waals surface area contributed by atoms with E-state index in [1.807, 2.05) is 6.92 Å². The first-order valence-electron chi connectivity index (χ1n) is 7.03. The van der Waals surface area contributed by atoms with Gasteiger partial charge in [0.15, 0.2) is 0 Å². The lowest BCUT2D eigenvalue weighted by atomic mass is 10.1. The zero-order chi connectivity index (χ0) is 17.0. The van der Waals surface area contributed by atoms with Crippen LogP contribution in [-0.4, -0.2) is 26.8 Å². The summed E-state index contributed by atoms with van der Waals surface area (Å²) in [5.41, 5.74) is -0.328. The molecule has 2 aromatic rings. The van der Waals surface area contributed by atoms with E-state index in [0.29, 0.717) is 28.2 Å². The minimum absolute atomic E-state index is 0.0851. The number of rotatable bonds is 6. The third-order valence-electron chi connectivity index (χ3n) is 3.06. The van der Waals surface area contributed by atoms with Crippen LogP contribution in [0.2, 0.25) is 0 Å². The van der Waals surface area contributed by atoms with Crippen molar-refractivity contribution in [2.24, 2.45) is 0 Å². The van der Waals surface area contributed by atoms with Crippen LogP contribution < -0.4 is 0 Å². The van der Waals surface area contributed by atoms with Gasteiger partial charge in [-0.15, -0.1) is 11.8 Å². The van der Waals surface area contributed by atoms with E-state index in [9.17, 15) is 18.0 Å². The van der Waals surface area contributed by atoms with Crippen molar-refractivity contribution < 1.29 is 23.1 Å². The highest BCUT2D eigenvalue weighted by atomic mass is 32.2. The Hall–Kier alpha value is -1.83. The number of hydrogen-bond donors (Lipinski definition) is 1. The minimum atomic E-state index is -4.45. The largest absolute Gasteiger partial charge is 0.481 e. The van der Waals surface area contributed by atoms with Gasteiger partial charge in [-0.1, -0.05) is 6.92 Å². The fraction of sp³-hybridized carbons (Fsp3) is 0.400. The summed E-state index contributed by atoms with van der Waals surface area (Å²) >= 11 is 1.14. The Bertz CT molecular complexity index is 720. The van der Waals surface area contributed by atoms with Crippen molar-refractivity contribution in [1.29, 1.82) is 0 Å². The monoisotopic (exact) mass is 344 g/mol. The molecule has 0 aliphatic heterocycles. The highest BCUT2D eigenvalue weighted by molar-refractivity contribution is 7.99. The molecule has 0 saturated heterocycles. The summed E-state index contributed by atoms with van der Waals surface area (Å²) in [7, 11) is 0. The van der Waals surface area contributed by atoms with Gasteiger partial charge < -0.3 is 5.11 Å². The second kappa shape index (κ2) is 7.16. The third-order valence-corrected chi connectivity index (χ3v) is 4.06. The first-order chi connectivity index (χ1) is 10.8. The predicted octanol–water partition coefficient (Wildman–Crippen LogP) is 4.17. The van der Waals surface area contributed by atoms with Crippen LogP contribution in [0.1, 0.15) is 31.2 Å². The van der Waals surface area contributed by atoms with Gasteiger partial charge in [-0.05, 0) is 24.6 Å². The number of thioether (sulfide) groups is 1. The van der Waals surface area contributed by atoms with Gasteiger partial charge in [0.25, 0.3) is 0 Å². The van der Waals surface area contributed by atoms with Crippen molar-refractivity contribution in [3.8, 4) is 0 Å². The lowest BCUT2D eigenvalue weighted by Gasteiger charge is -2.11. The summed E-state index contributed by atoms with van der Waals surface area (Å²) < 4.78 is 38.6. The lowest BCUT2D eigenvalue weighted by molar-refractivity contribution is -0.138. The molecular weight excluding hydrogens is 329 g/mol. The number of aromatic nitrogens is 2. The van der Waals surface area contributed by atoms with Gasteiger partial charge in [0.2, 0.25) is 0 Å². The number of benzene rings is 1. The number of fused-ring (bicyclic) bond motifs is 1. The van der Waals surface area contributed by atoms with Gasteiger partial charge in [0, 0.05) is 17.6 Å². The van der Waals surface area contributed by atoms with Crippen molar-refractivity contribution in [3.05, 3.63) is 29.6 Å². The summed E-state index contributed by atoms with van der Waals surface area (Å²) in [6.45, 7) is 1.96. The Labute approximate surface area is 135 Å². The smallest absolute Gasteiger partial charge is 0.416 e. The number of aryl methyl sites for hydroxylation is 1. The van der Waals surface area contributed by atoms with Crippen molar-refractivity contribution in [3.63, 3.8) is 0 Å². The predicted molar refractivity (Wildman–Crippen MR) is 81.5 cm³/mol. The zero-order valence-corrected chi connectivity index (χ0v) is 13.2. The van der Waals surface area contributed by atoms with Gasteiger partial charge >= 0.3 is 12.1 Å². The first kappa shape index (κ1) is 17.5. The Balaban J connectivity index is 2.46. The van der Waals surface area contributed by atoms with E-state index in [0.717, 1.165) is 30.3 Å². The number of aliphatic carboxylic acids is 1. The van der Waals surface area contributed by atoms with Crippen LogP contribution in [0.3, 0.4) is 0 Å². The Morgan fingerprint density at radius 1 is 1.30 bits per heavy atom. The molecular formula is C15H15F3N2O2S. The average molecular weight is 344 g/mol. The number of nitrogens with zero attached hydrogens (tertiary/aromatic N) is 2. The lowest BCUT2D eigenvalue weighted by Crippen LogP contribution is -2.06. The Kier molecular flexibility index (Phi) is 5.46. The van der Waals surface area contributed by atoms with E-state index >= 15 is 0 Å². The average Bonchev–Trinajstić information content (AvgIpc) is 2.45.